The second-order valence-corrected chi connectivity index (χ2v) is 5.22. The Morgan fingerprint density at radius 1 is 1.39 bits per heavy atom. The van der Waals surface area contributed by atoms with Gasteiger partial charge in [-0.3, -0.25) is 0 Å². The zero-order valence-corrected chi connectivity index (χ0v) is 11.4. The van der Waals surface area contributed by atoms with Gasteiger partial charge in [0.2, 0.25) is 0 Å². The van der Waals surface area contributed by atoms with Crippen LogP contribution in [0.3, 0.4) is 0 Å². The third-order valence-electron chi connectivity index (χ3n) is 3.59. The standard InChI is InChI=1S/C15H24N2O/c1-11(16)5-7-14(17-2)12-6-8-15-13(10-12)4-3-9-18-15/h6,8,10-11,14,17H,3-5,7,9,16H2,1-2H3. The van der Waals surface area contributed by atoms with Crippen LogP contribution in [0.4, 0.5) is 0 Å². The molecule has 0 aliphatic carbocycles. The molecule has 0 bridgehead atoms. The van der Waals surface area contributed by atoms with Crippen LogP contribution in [0.5, 0.6) is 5.75 Å². The minimum atomic E-state index is 0.266. The molecule has 1 heterocycles. The number of ether oxygens (including phenoxy) is 1. The molecule has 0 radical (unpaired) electrons. The van der Waals surface area contributed by atoms with E-state index in [0.29, 0.717) is 6.04 Å². The van der Waals surface area contributed by atoms with Gasteiger partial charge in [-0.1, -0.05) is 12.1 Å². The Bertz CT molecular complexity index is 390. The van der Waals surface area contributed by atoms with Crippen LogP contribution in [0.15, 0.2) is 18.2 Å². The molecule has 1 aliphatic heterocycles. The molecule has 1 aliphatic rings. The van der Waals surface area contributed by atoms with E-state index >= 15 is 0 Å². The lowest BCUT2D eigenvalue weighted by atomic mass is 9.96. The summed E-state index contributed by atoms with van der Waals surface area (Å²) in [6.07, 6.45) is 4.38. The summed E-state index contributed by atoms with van der Waals surface area (Å²) in [4.78, 5) is 0. The highest BCUT2D eigenvalue weighted by Gasteiger charge is 2.15. The predicted molar refractivity (Wildman–Crippen MR) is 74.9 cm³/mol. The van der Waals surface area contributed by atoms with Gasteiger partial charge in [0, 0.05) is 12.1 Å². The zero-order chi connectivity index (χ0) is 13.0. The summed E-state index contributed by atoms with van der Waals surface area (Å²) >= 11 is 0. The molecule has 0 saturated heterocycles. The molecule has 2 rings (SSSR count). The summed E-state index contributed by atoms with van der Waals surface area (Å²) in [5.74, 6) is 1.06. The van der Waals surface area contributed by atoms with Crippen molar-refractivity contribution in [3.05, 3.63) is 29.3 Å². The number of hydrogen-bond donors (Lipinski definition) is 2. The lowest BCUT2D eigenvalue weighted by Gasteiger charge is -2.22. The van der Waals surface area contributed by atoms with E-state index in [1.54, 1.807) is 0 Å². The van der Waals surface area contributed by atoms with Gasteiger partial charge < -0.3 is 15.8 Å². The number of hydrogen-bond acceptors (Lipinski definition) is 3. The Hall–Kier alpha value is -1.06. The molecule has 1 aromatic rings. The van der Waals surface area contributed by atoms with E-state index in [0.717, 1.165) is 38.0 Å². The maximum absolute atomic E-state index is 5.84. The lowest BCUT2D eigenvalue weighted by Crippen LogP contribution is -2.21. The van der Waals surface area contributed by atoms with Gasteiger partial charge in [0.05, 0.1) is 6.61 Å². The number of benzene rings is 1. The largest absolute Gasteiger partial charge is 0.493 e. The first kappa shape index (κ1) is 13.4. The molecule has 0 spiro atoms. The van der Waals surface area contributed by atoms with Crippen LogP contribution in [0.2, 0.25) is 0 Å². The Labute approximate surface area is 110 Å². The number of aryl methyl sites for hydroxylation is 1. The SMILES string of the molecule is CNC(CCC(C)N)c1ccc2c(c1)CCCO2. The second-order valence-electron chi connectivity index (χ2n) is 5.22. The summed E-state index contributed by atoms with van der Waals surface area (Å²) in [7, 11) is 2.02. The topological polar surface area (TPSA) is 47.3 Å². The molecule has 2 unspecified atom stereocenters. The van der Waals surface area contributed by atoms with Gasteiger partial charge in [-0.15, -0.1) is 0 Å². The molecule has 0 saturated carbocycles. The first-order chi connectivity index (χ1) is 8.70. The van der Waals surface area contributed by atoms with Crippen LogP contribution < -0.4 is 15.8 Å². The number of fused-ring (bicyclic) bond motifs is 1. The molecule has 0 fully saturated rings. The van der Waals surface area contributed by atoms with E-state index in [-0.39, 0.29) is 6.04 Å². The highest BCUT2D eigenvalue weighted by molar-refractivity contribution is 5.39. The summed E-state index contributed by atoms with van der Waals surface area (Å²) < 4.78 is 5.65. The third kappa shape index (κ3) is 3.24. The minimum Gasteiger partial charge on any atom is -0.493 e. The van der Waals surface area contributed by atoms with Crippen molar-refractivity contribution >= 4 is 0 Å². The highest BCUT2D eigenvalue weighted by Crippen LogP contribution is 2.29. The van der Waals surface area contributed by atoms with Gasteiger partial charge in [-0.05, 0) is 56.8 Å². The van der Waals surface area contributed by atoms with Crippen LogP contribution >= 0.6 is 0 Å². The lowest BCUT2D eigenvalue weighted by molar-refractivity contribution is 0.288. The molecule has 3 heteroatoms. The van der Waals surface area contributed by atoms with Gasteiger partial charge in [0.1, 0.15) is 5.75 Å². The van der Waals surface area contributed by atoms with Crippen molar-refractivity contribution in [3.8, 4) is 5.75 Å². The van der Waals surface area contributed by atoms with Crippen molar-refractivity contribution in [2.24, 2.45) is 5.73 Å². The van der Waals surface area contributed by atoms with Crippen molar-refractivity contribution in [2.75, 3.05) is 13.7 Å². The fourth-order valence-corrected chi connectivity index (χ4v) is 2.50. The van der Waals surface area contributed by atoms with Crippen LogP contribution in [0.25, 0.3) is 0 Å². The van der Waals surface area contributed by atoms with Crippen molar-refractivity contribution in [2.45, 2.75) is 44.7 Å². The van der Waals surface area contributed by atoms with Gasteiger partial charge in [0.15, 0.2) is 0 Å². The molecular formula is C15H24N2O. The average molecular weight is 248 g/mol. The Morgan fingerprint density at radius 3 is 2.94 bits per heavy atom. The number of nitrogens with one attached hydrogen (secondary N) is 1. The quantitative estimate of drug-likeness (QED) is 0.841. The normalized spacial score (nSPS) is 17.7. The molecule has 3 N–H and O–H groups in total. The smallest absolute Gasteiger partial charge is 0.122 e. The van der Waals surface area contributed by atoms with E-state index in [2.05, 4.69) is 30.4 Å². The highest BCUT2D eigenvalue weighted by atomic mass is 16.5. The number of rotatable bonds is 5. The fourth-order valence-electron chi connectivity index (χ4n) is 2.50. The maximum atomic E-state index is 5.84. The van der Waals surface area contributed by atoms with E-state index < -0.39 is 0 Å². The second kappa shape index (κ2) is 6.21. The molecule has 0 aromatic heterocycles. The number of nitrogens with two attached hydrogens (primary N) is 1. The molecule has 1 aromatic carbocycles. The fraction of sp³-hybridized carbons (Fsp3) is 0.600. The average Bonchev–Trinajstić information content (AvgIpc) is 2.39. The molecule has 3 nitrogen and oxygen atoms in total. The minimum absolute atomic E-state index is 0.266. The molecule has 18 heavy (non-hydrogen) atoms. The Morgan fingerprint density at radius 2 is 2.22 bits per heavy atom. The van der Waals surface area contributed by atoms with Crippen LogP contribution in [0.1, 0.15) is 43.4 Å². The molecule has 2 atom stereocenters. The van der Waals surface area contributed by atoms with Crippen molar-refractivity contribution in [1.82, 2.24) is 5.32 Å². The van der Waals surface area contributed by atoms with Gasteiger partial charge in [0.25, 0.3) is 0 Å². The predicted octanol–water partition coefficient (Wildman–Crippen LogP) is 2.40. The van der Waals surface area contributed by atoms with E-state index in [1.807, 2.05) is 7.05 Å². The summed E-state index contributed by atoms with van der Waals surface area (Å²) in [6, 6.07) is 7.23. The molecular weight excluding hydrogens is 224 g/mol. The van der Waals surface area contributed by atoms with Crippen LogP contribution in [-0.4, -0.2) is 19.7 Å². The van der Waals surface area contributed by atoms with E-state index in [1.165, 1.54) is 11.1 Å². The summed E-state index contributed by atoms with van der Waals surface area (Å²) in [6.45, 7) is 2.92. The van der Waals surface area contributed by atoms with Crippen molar-refractivity contribution in [1.29, 1.82) is 0 Å². The van der Waals surface area contributed by atoms with Crippen molar-refractivity contribution in [3.63, 3.8) is 0 Å². The van der Waals surface area contributed by atoms with Crippen LogP contribution in [-0.2, 0) is 6.42 Å². The van der Waals surface area contributed by atoms with Crippen molar-refractivity contribution < 1.29 is 4.74 Å². The molecule has 0 amide bonds. The first-order valence-electron chi connectivity index (χ1n) is 6.89. The third-order valence-corrected chi connectivity index (χ3v) is 3.59. The van der Waals surface area contributed by atoms with Gasteiger partial charge >= 0.3 is 0 Å². The molecule has 100 valence electrons. The van der Waals surface area contributed by atoms with Gasteiger partial charge in [-0.25, -0.2) is 0 Å². The maximum Gasteiger partial charge on any atom is 0.122 e. The monoisotopic (exact) mass is 248 g/mol. The van der Waals surface area contributed by atoms with E-state index in [9.17, 15) is 0 Å². The van der Waals surface area contributed by atoms with E-state index in [4.69, 9.17) is 10.5 Å². The Balaban J connectivity index is 2.10. The van der Waals surface area contributed by atoms with Crippen LogP contribution in [0, 0.1) is 0 Å². The summed E-state index contributed by atoms with van der Waals surface area (Å²) in [5, 5.41) is 3.38. The summed E-state index contributed by atoms with van der Waals surface area (Å²) in [5.41, 5.74) is 8.53. The Kier molecular flexibility index (Phi) is 4.61. The zero-order valence-electron chi connectivity index (χ0n) is 11.4. The first-order valence-corrected chi connectivity index (χ1v) is 6.89. The van der Waals surface area contributed by atoms with Gasteiger partial charge in [-0.2, -0.15) is 0 Å².